The minimum atomic E-state index is -0.00238. The molecule has 0 amide bonds. The van der Waals surface area contributed by atoms with Crippen LogP contribution in [0.15, 0.2) is 41.6 Å². The number of nitrogens with zero attached hydrogens (tertiary/aromatic N) is 6. The molecule has 1 saturated heterocycles. The van der Waals surface area contributed by atoms with E-state index in [1.165, 1.54) is 6.33 Å². The zero-order valence-corrected chi connectivity index (χ0v) is 16.7. The molecular formula is C21H23N7O2. The van der Waals surface area contributed by atoms with Crippen LogP contribution in [0.2, 0.25) is 0 Å². The second-order valence-corrected chi connectivity index (χ2v) is 7.78. The summed E-state index contributed by atoms with van der Waals surface area (Å²) in [6.07, 6.45) is 4.19. The summed E-state index contributed by atoms with van der Waals surface area (Å²) in [6.45, 7) is 4.76. The normalized spacial score (nSPS) is 20.0. The summed E-state index contributed by atoms with van der Waals surface area (Å²) >= 11 is 0. The molecular weight excluding hydrogens is 382 g/mol. The zero-order chi connectivity index (χ0) is 20.7. The first-order valence-corrected chi connectivity index (χ1v) is 10.1. The lowest BCUT2D eigenvalue weighted by molar-refractivity contribution is 0.278. The molecule has 3 aromatic rings. The van der Waals surface area contributed by atoms with Crippen LogP contribution in [0.4, 0.5) is 11.8 Å². The van der Waals surface area contributed by atoms with Gasteiger partial charge in [0, 0.05) is 61.2 Å². The van der Waals surface area contributed by atoms with E-state index in [2.05, 4.69) is 30.9 Å². The van der Waals surface area contributed by atoms with Gasteiger partial charge in [-0.15, -0.1) is 0 Å². The molecule has 2 atom stereocenters. The Bertz CT molecular complexity index is 1150. The van der Waals surface area contributed by atoms with Gasteiger partial charge in [0.05, 0.1) is 12.3 Å². The van der Waals surface area contributed by atoms with E-state index >= 15 is 0 Å². The molecule has 0 radical (unpaired) electrons. The van der Waals surface area contributed by atoms with Gasteiger partial charge in [-0.05, 0) is 25.3 Å². The Balaban J connectivity index is 1.49. The standard InChI is InChI=1S/C21H23N7O2/c1-2-30-19-3-4-23-21(26-19)27-9-13-5-15(11-27)17-6-14(7-20(29)28(17)10-13)16-8-18(22)25-12-24-16/h3-4,6-8,12-13,15H,2,5,9-11H2,1H3,(H2,22,24,25)/t13-,15+/m0/s1. The number of nitrogens with two attached hydrogens (primary N) is 1. The molecule has 0 spiro atoms. The minimum absolute atomic E-state index is 0.00238. The number of hydrogen-bond donors (Lipinski definition) is 1. The van der Waals surface area contributed by atoms with Crippen LogP contribution >= 0.6 is 0 Å². The van der Waals surface area contributed by atoms with Gasteiger partial charge >= 0.3 is 0 Å². The summed E-state index contributed by atoms with van der Waals surface area (Å²) in [5.74, 6) is 2.22. The fraction of sp³-hybridized carbons (Fsp3) is 0.381. The lowest BCUT2D eigenvalue weighted by Gasteiger charge is -2.42. The van der Waals surface area contributed by atoms with E-state index < -0.39 is 0 Å². The summed E-state index contributed by atoms with van der Waals surface area (Å²) in [4.78, 5) is 32.3. The van der Waals surface area contributed by atoms with Crippen LogP contribution < -0.4 is 20.9 Å². The summed E-state index contributed by atoms with van der Waals surface area (Å²) in [6, 6.07) is 7.16. The maximum atomic E-state index is 12.9. The molecule has 0 aliphatic carbocycles. The molecule has 1 fully saturated rings. The molecule has 0 saturated carbocycles. The van der Waals surface area contributed by atoms with E-state index in [0.717, 1.165) is 30.8 Å². The third kappa shape index (κ3) is 3.36. The molecule has 0 unspecified atom stereocenters. The molecule has 30 heavy (non-hydrogen) atoms. The Kier molecular flexibility index (Phi) is 4.57. The van der Waals surface area contributed by atoms with Gasteiger partial charge in [0.25, 0.3) is 5.56 Å². The summed E-state index contributed by atoms with van der Waals surface area (Å²) in [5, 5.41) is 0. The van der Waals surface area contributed by atoms with Crippen molar-refractivity contribution in [2.75, 3.05) is 30.3 Å². The van der Waals surface area contributed by atoms with E-state index in [-0.39, 0.29) is 11.5 Å². The maximum absolute atomic E-state index is 12.9. The van der Waals surface area contributed by atoms with Gasteiger partial charge in [-0.25, -0.2) is 15.0 Å². The van der Waals surface area contributed by atoms with Crippen molar-refractivity contribution in [3.05, 3.63) is 52.8 Å². The molecule has 154 valence electrons. The Morgan fingerprint density at radius 3 is 2.90 bits per heavy atom. The van der Waals surface area contributed by atoms with Crippen LogP contribution in [-0.2, 0) is 6.54 Å². The largest absolute Gasteiger partial charge is 0.478 e. The van der Waals surface area contributed by atoms with Crippen LogP contribution in [0.1, 0.15) is 25.0 Å². The Hall–Kier alpha value is -3.49. The van der Waals surface area contributed by atoms with Crippen molar-refractivity contribution < 1.29 is 4.74 Å². The van der Waals surface area contributed by atoms with Crippen molar-refractivity contribution in [1.82, 2.24) is 24.5 Å². The van der Waals surface area contributed by atoms with Gasteiger partial charge in [0.1, 0.15) is 12.1 Å². The number of aromatic nitrogens is 5. The van der Waals surface area contributed by atoms with Crippen molar-refractivity contribution in [2.45, 2.75) is 25.8 Å². The van der Waals surface area contributed by atoms with Gasteiger partial charge in [-0.1, -0.05) is 0 Å². The first-order chi connectivity index (χ1) is 14.6. The summed E-state index contributed by atoms with van der Waals surface area (Å²) in [7, 11) is 0. The van der Waals surface area contributed by atoms with Crippen LogP contribution in [0.5, 0.6) is 5.88 Å². The topological polar surface area (TPSA) is 112 Å². The van der Waals surface area contributed by atoms with Crippen molar-refractivity contribution in [3.8, 4) is 17.1 Å². The monoisotopic (exact) mass is 405 g/mol. The van der Waals surface area contributed by atoms with Crippen LogP contribution in [0.25, 0.3) is 11.3 Å². The number of fused-ring (bicyclic) bond motifs is 4. The fourth-order valence-corrected chi connectivity index (χ4v) is 4.51. The molecule has 5 heterocycles. The Morgan fingerprint density at radius 2 is 2.07 bits per heavy atom. The molecule has 0 aromatic carbocycles. The van der Waals surface area contributed by atoms with Gasteiger partial charge in [-0.2, -0.15) is 4.98 Å². The summed E-state index contributed by atoms with van der Waals surface area (Å²) < 4.78 is 7.44. The first kappa shape index (κ1) is 18.5. The highest BCUT2D eigenvalue weighted by Crippen LogP contribution is 2.37. The molecule has 2 bridgehead atoms. The number of hydrogen-bond acceptors (Lipinski definition) is 8. The lowest BCUT2D eigenvalue weighted by Crippen LogP contribution is -2.47. The predicted octanol–water partition coefficient (Wildman–Crippen LogP) is 1.70. The smallest absolute Gasteiger partial charge is 0.251 e. The second kappa shape index (κ2) is 7.40. The van der Waals surface area contributed by atoms with E-state index in [1.807, 2.05) is 11.5 Å². The molecule has 2 aliphatic rings. The summed E-state index contributed by atoms with van der Waals surface area (Å²) in [5.41, 5.74) is 8.25. The zero-order valence-electron chi connectivity index (χ0n) is 16.7. The Morgan fingerprint density at radius 1 is 1.17 bits per heavy atom. The van der Waals surface area contributed by atoms with E-state index in [1.54, 1.807) is 24.4 Å². The molecule has 3 aromatic heterocycles. The molecule has 2 N–H and O–H groups in total. The van der Waals surface area contributed by atoms with Crippen LogP contribution in [0, 0.1) is 5.92 Å². The number of pyridine rings is 1. The third-order valence-electron chi connectivity index (χ3n) is 5.73. The van der Waals surface area contributed by atoms with Crippen molar-refractivity contribution in [1.29, 1.82) is 0 Å². The Labute approximate surface area is 173 Å². The highest BCUT2D eigenvalue weighted by atomic mass is 16.5. The SMILES string of the molecule is CCOc1ccnc(N2C[C@@H]3C[C@H](C2)c2cc(-c4cc(N)ncn4)cc(=O)n2C3)n1. The van der Waals surface area contributed by atoms with Crippen LogP contribution in [-0.4, -0.2) is 44.2 Å². The number of rotatable bonds is 4. The van der Waals surface area contributed by atoms with Gasteiger partial charge in [0.15, 0.2) is 0 Å². The van der Waals surface area contributed by atoms with Crippen molar-refractivity contribution in [2.24, 2.45) is 5.92 Å². The first-order valence-electron chi connectivity index (χ1n) is 10.1. The van der Waals surface area contributed by atoms with E-state index in [0.29, 0.717) is 42.4 Å². The molecule has 9 heteroatoms. The molecule has 9 nitrogen and oxygen atoms in total. The maximum Gasteiger partial charge on any atom is 0.251 e. The number of nitrogen functional groups attached to an aromatic ring is 1. The fourth-order valence-electron chi connectivity index (χ4n) is 4.51. The average molecular weight is 405 g/mol. The lowest BCUT2D eigenvalue weighted by atomic mass is 9.82. The van der Waals surface area contributed by atoms with E-state index in [9.17, 15) is 4.79 Å². The average Bonchev–Trinajstić information content (AvgIpc) is 2.75. The van der Waals surface area contributed by atoms with Gasteiger partial charge < -0.3 is 19.9 Å². The van der Waals surface area contributed by atoms with Crippen molar-refractivity contribution in [3.63, 3.8) is 0 Å². The molecule has 2 aliphatic heterocycles. The van der Waals surface area contributed by atoms with Crippen molar-refractivity contribution >= 4 is 11.8 Å². The number of piperidine rings is 1. The number of ether oxygens (including phenoxy) is 1. The molecule has 5 rings (SSSR count). The second-order valence-electron chi connectivity index (χ2n) is 7.78. The minimum Gasteiger partial charge on any atom is -0.478 e. The van der Waals surface area contributed by atoms with Crippen LogP contribution in [0.3, 0.4) is 0 Å². The highest BCUT2D eigenvalue weighted by Gasteiger charge is 2.36. The number of anilines is 2. The van der Waals surface area contributed by atoms with Gasteiger partial charge in [-0.3, -0.25) is 4.79 Å². The third-order valence-corrected chi connectivity index (χ3v) is 5.73. The van der Waals surface area contributed by atoms with E-state index in [4.69, 9.17) is 10.5 Å². The predicted molar refractivity (Wildman–Crippen MR) is 112 cm³/mol. The highest BCUT2D eigenvalue weighted by molar-refractivity contribution is 5.62. The quantitative estimate of drug-likeness (QED) is 0.698. The van der Waals surface area contributed by atoms with Gasteiger partial charge in [0.2, 0.25) is 11.8 Å².